The predicted molar refractivity (Wildman–Crippen MR) is 86.2 cm³/mol. The maximum Gasteiger partial charge on any atom is 0.0846 e. The lowest BCUT2D eigenvalue weighted by molar-refractivity contribution is 1.11. The normalized spacial score (nSPS) is 11.8. The standard InChI is InChI=1S/C17H26Si/c1-6-7-11-16(15(2)3)14-18(4,5)17-12-9-8-10-13-17/h6-10,12-13H,11,14H2,1-5H3/b7-6+. The topological polar surface area (TPSA) is 0 Å². The molecule has 0 fully saturated rings. The third kappa shape index (κ3) is 4.30. The Labute approximate surface area is 113 Å². The first-order valence-corrected chi connectivity index (χ1v) is 10.00. The fourth-order valence-corrected chi connectivity index (χ4v) is 5.10. The van der Waals surface area contributed by atoms with Crippen LogP contribution in [0.2, 0.25) is 19.1 Å². The number of hydrogen-bond donors (Lipinski definition) is 0. The summed E-state index contributed by atoms with van der Waals surface area (Å²) in [6.45, 7) is 11.5. The average Bonchev–Trinajstić information content (AvgIpc) is 2.35. The molecule has 1 aromatic carbocycles. The second-order valence-corrected chi connectivity index (χ2v) is 10.5. The summed E-state index contributed by atoms with van der Waals surface area (Å²) in [4.78, 5) is 0. The molecule has 0 saturated carbocycles. The van der Waals surface area contributed by atoms with Crippen molar-refractivity contribution in [2.45, 2.75) is 46.3 Å². The minimum atomic E-state index is -1.35. The van der Waals surface area contributed by atoms with Crippen LogP contribution in [-0.2, 0) is 0 Å². The minimum absolute atomic E-state index is 1.11. The van der Waals surface area contributed by atoms with Gasteiger partial charge in [0.05, 0.1) is 8.07 Å². The molecule has 0 heterocycles. The van der Waals surface area contributed by atoms with Gasteiger partial charge in [-0.05, 0) is 33.2 Å². The van der Waals surface area contributed by atoms with Crippen molar-refractivity contribution >= 4 is 13.3 Å². The van der Waals surface area contributed by atoms with E-state index in [9.17, 15) is 0 Å². The highest BCUT2D eigenvalue weighted by Crippen LogP contribution is 2.22. The molecule has 0 spiro atoms. The van der Waals surface area contributed by atoms with Crippen LogP contribution in [0.4, 0.5) is 0 Å². The van der Waals surface area contributed by atoms with Gasteiger partial charge in [-0.25, -0.2) is 0 Å². The average molecular weight is 258 g/mol. The quantitative estimate of drug-likeness (QED) is 0.520. The van der Waals surface area contributed by atoms with E-state index in [-0.39, 0.29) is 0 Å². The van der Waals surface area contributed by atoms with Crippen LogP contribution in [0, 0.1) is 0 Å². The molecule has 0 saturated heterocycles. The molecule has 1 rings (SSSR count). The lowest BCUT2D eigenvalue weighted by Gasteiger charge is -2.25. The van der Waals surface area contributed by atoms with Crippen LogP contribution in [-0.4, -0.2) is 8.07 Å². The maximum atomic E-state index is 2.47. The maximum absolute atomic E-state index is 2.47. The number of hydrogen-bond acceptors (Lipinski definition) is 0. The van der Waals surface area contributed by atoms with Gasteiger partial charge in [0, 0.05) is 0 Å². The van der Waals surface area contributed by atoms with Gasteiger partial charge in [0.1, 0.15) is 0 Å². The molecule has 0 amide bonds. The molecular formula is C17H26Si. The Morgan fingerprint density at radius 3 is 2.22 bits per heavy atom. The second-order valence-electron chi connectivity index (χ2n) is 5.80. The Morgan fingerprint density at radius 2 is 1.72 bits per heavy atom. The van der Waals surface area contributed by atoms with Crippen molar-refractivity contribution < 1.29 is 0 Å². The van der Waals surface area contributed by atoms with Crippen molar-refractivity contribution in [2.75, 3.05) is 0 Å². The van der Waals surface area contributed by atoms with Gasteiger partial charge in [0.2, 0.25) is 0 Å². The Bertz CT molecular complexity index is 420. The van der Waals surface area contributed by atoms with Crippen LogP contribution in [0.15, 0.2) is 53.6 Å². The summed E-state index contributed by atoms with van der Waals surface area (Å²) >= 11 is 0. The fraction of sp³-hybridized carbons (Fsp3) is 0.412. The molecule has 0 radical (unpaired) electrons. The van der Waals surface area contributed by atoms with Gasteiger partial charge in [0.25, 0.3) is 0 Å². The summed E-state index contributed by atoms with van der Waals surface area (Å²) in [6.07, 6.45) is 5.54. The van der Waals surface area contributed by atoms with Crippen LogP contribution < -0.4 is 5.19 Å². The SMILES string of the molecule is C/C=C/CC(C[Si](C)(C)c1ccccc1)=C(C)C. The van der Waals surface area contributed by atoms with Crippen LogP contribution in [0.5, 0.6) is 0 Å². The number of allylic oxidation sites excluding steroid dienone is 4. The highest BCUT2D eigenvalue weighted by Gasteiger charge is 2.24. The molecule has 0 atom stereocenters. The van der Waals surface area contributed by atoms with Crippen LogP contribution in [0.3, 0.4) is 0 Å². The van der Waals surface area contributed by atoms with Gasteiger partial charge in [-0.2, -0.15) is 0 Å². The van der Waals surface area contributed by atoms with Crippen LogP contribution in [0.25, 0.3) is 0 Å². The van der Waals surface area contributed by atoms with Crippen molar-refractivity contribution in [2.24, 2.45) is 0 Å². The van der Waals surface area contributed by atoms with Gasteiger partial charge in [0.15, 0.2) is 0 Å². The van der Waals surface area contributed by atoms with Crippen molar-refractivity contribution in [3.05, 3.63) is 53.6 Å². The molecule has 0 aliphatic carbocycles. The van der Waals surface area contributed by atoms with E-state index in [0.29, 0.717) is 0 Å². The van der Waals surface area contributed by atoms with Crippen molar-refractivity contribution in [3.8, 4) is 0 Å². The highest BCUT2D eigenvalue weighted by molar-refractivity contribution is 6.90. The predicted octanol–water partition coefficient (Wildman–Crippen LogP) is 4.90. The fourth-order valence-electron chi connectivity index (χ4n) is 2.24. The zero-order valence-corrected chi connectivity index (χ0v) is 13.5. The molecular weight excluding hydrogens is 232 g/mol. The molecule has 0 N–H and O–H groups in total. The number of benzene rings is 1. The molecule has 0 aliphatic heterocycles. The Balaban J connectivity index is 2.90. The van der Waals surface area contributed by atoms with Gasteiger partial charge < -0.3 is 0 Å². The minimum Gasteiger partial charge on any atom is -0.0913 e. The smallest absolute Gasteiger partial charge is 0.0846 e. The molecule has 18 heavy (non-hydrogen) atoms. The van der Waals surface area contributed by atoms with E-state index in [0.717, 1.165) is 6.42 Å². The summed E-state index contributed by atoms with van der Waals surface area (Å²) in [7, 11) is -1.35. The van der Waals surface area contributed by atoms with E-state index in [1.54, 1.807) is 10.8 Å². The monoisotopic (exact) mass is 258 g/mol. The zero-order valence-electron chi connectivity index (χ0n) is 12.5. The van der Waals surface area contributed by atoms with Gasteiger partial charge in [-0.15, -0.1) is 0 Å². The first-order chi connectivity index (χ1) is 8.47. The van der Waals surface area contributed by atoms with E-state index in [2.05, 4.69) is 76.3 Å². The molecule has 0 aliphatic rings. The van der Waals surface area contributed by atoms with Gasteiger partial charge in [-0.3, -0.25) is 0 Å². The van der Waals surface area contributed by atoms with Crippen molar-refractivity contribution in [3.63, 3.8) is 0 Å². The molecule has 0 unspecified atom stereocenters. The highest BCUT2D eigenvalue weighted by atomic mass is 28.3. The van der Waals surface area contributed by atoms with E-state index >= 15 is 0 Å². The summed E-state index contributed by atoms with van der Waals surface area (Å²) in [5.74, 6) is 0. The van der Waals surface area contributed by atoms with Gasteiger partial charge >= 0.3 is 0 Å². The molecule has 0 nitrogen and oxygen atoms in total. The summed E-state index contributed by atoms with van der Waals surface area (Å²) in [5.41, 5.74) is 3.11. The first-order valence-electron chi connectivity index (χ1n) is 6.79. The molecule has 1 aromatic rings. The Morgan fingerprint density at radius 1 is 1.11 bits per heavy atom. The summed E-state index contributed by atoms with van der Waals surface area (Å²) in [5, 5.41) is 1.56. The largest absolute Gasteiger partial charge is 0.0913 e. The van der Waals surface area contributed by atoms with Crippen molar-refractivity contribution in [1.82, 2.24) is 0 Å². The van der Waals surface area contributed by atoms with E-state index in [1.807, 2.05) is 0 Å². The number of rotatable bonds is 5. The zero-order chi connectivity index (χ0) is 13.6. The molecule has 98 valence electrons. The molecule has 0 aromatic heterocycles. The third-order valence-corrected chi connectivity index (χ3v) is 6.72. The van der Waals surface area contributed by atoms with E-state index in [4.69, 9.17) is 0 Å². The van der Waals surface area contributed by atoms with Crippen LogP contribution >= 0.6 is 0 Å². The van der Waals surface area contributed by atoms with Gasteiger partial charge in [-0.1, -0.05) is 71.9 Å². The second kappa shape index (κ2) is 6.74. The van der Waals surface area contributed by atoms with Crippen molar-refractivity contribution in [1.29, 1.82) is 0 Å². The van der Waals surface area contributed by atoms with E-state index < -0.39 is 8.07 Å². The Kier molecular flexibility index (Phi) is 5.61. The first kappa shape index (κ1) is 15.0. The Hall–Kier alpha value is -1.08. The summed E-state index contributed by atoms with van der Waals surface area (Å²) in [6, 6.07) is 12.3. The van der Waals surface area contributed by atoms with Crippen LogP contribution in [0.1, 0.15) is 27.2 Å². The lowest BCUT2D eigenvalue weighted by Crippen LogP contribution is -2.41. The summed E-state index contributed by atoms with van der Waals surface area (Å²) < 4.78 is 0. The lowest BCUT2D eigenvalue weighted by atomic mass is 10.1. The molecule has 1 heteroatoms. The molecule has 0 bridgehead atoms. The third-order valence-electron chi connectivity index (χ3n) is 3.52. The van der Waals surface area contributed by atoms with E-state index in [1.165, 1.54) is 11.6 Å².